The monoisotopic (exact) mass is 287 g/mol. The molecule has 0 aromatic rings. The van der Waals surface area contributed by atoms with E-state index >= 15 is 0 Å². The molecule has 17 heavy (non-hydrogen) atoms. The zero-order valence-corrected chi connectivity index (χ0v) is 14.5. The van der Waals surface area contributed by atoms with E-state index in [2.05, 4.69) is 5.32 Å². The van der Waals surface area contributed by atoms with Gasteiger partial charge in [0.2, 0.25) is 0 Å². The van der Waals surface area contributed by atoms with Gasteiger partial charge in [0.1, 0.15) is 0 Å². The van der Waals surface area contributed by atoms with Crippen LogP contribution in [0.3, 0.4) is 0 Å². The number of nitrogens with one attached hydrogen (secondary N) is 1. The largest absolute Gasteiger partial charge is 1.00 e. The number of sulfone groups is 1. The summed E-state index contributed by atoms with van der Waals surface area (Å²) < 4.78 is 22.4. The van der Waals surface area contributed by atoms with E-state index in [9.17, 15) is 18.3 Å². The van der Waals surface area contributed by atoms with Crippen molar-refractivity contribution in [1.29, 1.82) is 0 Å². The summed E-state index contributed by atoms with van der Waals surface area (Å²) in [7, 11) is -2.97. The Labute approximate surface area is 145 Å². The van der Waals surface area contributed by atoms with E-state index in [-0.39, 0.29) is 74.8 Å². The summed E-state index contributed by atoms with van der Waals surface area (Å²) in [4.78, 5) is 10.9. The first-order valence-corrected chi connectivity index (χ1v) is 7.29. The van der Waals surface area contributed by atoms with Gasteiger partial charge >= 0.3 is 51.4 Å². The van der Waals surface area contributed by atoms with Crippen LogP contribution in [0.2, 0.25) is 0 Å². The molecule has 1 N–H and O–H groups in total. The van der Waals surface area contributed by atoms with Crippen molar-refractivity contribution in [3.8, 4) is 0 Å². The predicted octanol–water partition coefficient (Wildman–Crippen LogP) is -4.07. The third-order valence-electron chi connectivity index (χ3n) is 2.66. The maximum atomic E-state index is 11.2. The smallest absolute Gasteiger partial charge is 0.548 e. The molecule has 2 unspecified atom stereocenters. The van der Waals surface area contributed by atoms with Crippen molar-refractivity contribution in [3.05, 3.63) is 0 Å². The first-order valence-electron chi connectivity index (χ1n) is 5.47. The van der Waals surface area contributed by atoms with Gasteiger partial charge in [-0.1, -0.05) is 13.8 Å². The van der Waals surface area contributed by atoms with E-state index in [0.29, 0.717) is 12.8 Å². The zero-order valence-electron chi connectivity index (χ0n) is 10.6. The molecule has 5 nitrogen and oxygen atoms in total. The predicted molar refractivity (Wildman–Crippen MR) is 58.4 cm³/mol. The van der Waals surface area contributed by atoms with E-state index in [1.54, 1.807) is 0 Å². The SMILES string of the molecule is CC(C)CC(NC1CCS(=O)(=O)C1)C(=O)[O-].[K+]. The van der Waals surface area contributed by atoms with Gasteiger partial charge < -0.3 is 15.2 Å². The number of aliphatic carboxylic acids is 1. The van der Waals surface area contributed by atoms with Crippen molar-refractivity contribution in [1.82, 2.24) is 5.32 Å². The van der Waals surface area contributed by atoms with Crippen molar-refractivity contribution in [2.24, 2.45) is 5.92 Å². The van der Waals surface area contributed by atoms with Gasteiger partial charge in [-0.2, -0.15) is 0 Å². The van der Waals surface area contributed by atoms with Crippen molar-refractivity contribution >= 4 is 15.8 Å². The molecule has 94 valence electrons. The van der Waals surface area contributed by atoms with Crippen LogP contribution in [0.25, 0.3) is 0 Å². The van der Waals surface area contributed by atoms with E-state index in [1.807, 2.05) is 13.8 Å². The molecular weight excluding hydrogens is 269 g/mol. The second-order valence-corrected chi connectivity index (χ2v) is 7.00. The molecule has 1 fully saturated rings. The van der Waals surface area contributed by atoms with Crippen LogP contribution in [0.15, 0.2) is 0 Å². The molecule has 0 amide bonds. The van der Waals surface area contributed by atoms with Gasteiger partial charge in [0.25, 0.3) is 0 Å². The molecule has 0 aliphatic carbocycles. The quantitative estimate of drug-likeness (QED) is 0.520. The van der Waals surface area contributed by atoms with Crippen molar-refractivity contribution < 1.29 is 69.7 Å². The second kappa shape index (κ2) is 7.57. The molecule has 1 rings (SSSR count). The maximum absolute atomic E-state index is 11.2. The minimum atomic E-state index is -2.97. The van der Waals surface area contributed by atoms with Crippen LogP contribution >= 0.6 is 0 Å². The number of rotatable bonds is 5. The molecule has 2 atom stereocenters. The number of carboxylic acid groups (broad SMARTS) is 1. The van der Waals surface area contributed by atoms with Crippen LogP contribution < -0.4 is 61.8 Å². The molecule has 0 saturated carbocycles. The third-order valence-corrected chi connectivity index (χ3v) is 4.43. The van der Waals surface area contributed by atoms with Gasteiger partial charge in [-0.25, -0.2) is 8.42 Å². The Balaban J connectivity index is 0.00000256. The molecule has 0 aromatic carbocycles. The van der Waals surface area contributed by atoms with Crippen molar-refractivity contribution in [2.75, 3.05) is 11.5 Å². The average molecular weight is 287 g/mol. The molecule has 1 heterocycles. The summed E-state index contributed by atoms with van der Waals surface area (Å²) >= 11 is 0. The Morgan fingerprint density at radius 1 is 1.47 bits per heavy atom. The minimum Gasteiger partial charge on any atom is -0.548 e. The minimum absolute atomic E-state index is 0. The number of hydrogen-bond acceptors (Lipinski definition) is 5. The summed E-state index contributed by atoms with van der Waals surface area (Å²) in [6.07, 6.45) is 0.948. The summed E-state index contributed by atoms with van der Waals surface area (Å²) in [5.74, 6) is -0.743. The normalized spacial score (nSPS) is 24.3. The maximum Gasteiger partial charge on any atom is 1.00 e. The van der Waals surface area contributed by atoms with Gasteiger partial charge in [-0.15, -0.1) is 0 Å². The molecule has 0 bridgehead atoms. The molecule has 0 spiro atoms. The fourth-order valence-corrected chi connectivity index (χ4v) is 3.60. The fraction of sp³-hybridized carbons (Fsp3) is 0.900. The van der Waals surface area contributed by atoms with Crippen LogP contribution in [-0.2, 0) is 14.6 Å². The molecule has 7 heteroatoms. The van der Waals surface area contributed by atoms with Crippen LogP contribution in [0.4, 0.5) is 0 Å². The van der Waals surface area contributed by atoms with Crippen LogP contribution in [0.1, 0.15) is 26.7 Å². The Morgan fingerprint density at radius 3 is 2.41 bits per heavy atom. The Kier molecular flexibility index (Phi) is 8.02. The van der Waals surface area contributed by atoms with Crippen molar-refractivity contribution in [2.45, 2.75) is 38.8 Å². The summed E-state index contributed by atoms with van der Waals surface area (Å²) in [5, 5.41) is 13.7. The summed E-state index contributed by atoms with van der Waals surface area (Å²) in [6, 6.07) is -0.995. The first kappa shape index (κ1) is 18.0. The molecule has 0 radical (unpaired) electrons. The summed E-state index contributed by atoms with van der Waals surface area (Å²) in [6.45, 7) is 3.84. The number of carboxylic acids is 1. The van der Waals surface area contributed by atoms with Crippen LogP contribution in [0.5, 0.6) is 0 Å². The fourth-order valence-electron chi connectivity index (χ4n) is 1.91. The van der Waals surface area contributed by atoms with Gasteiger partial charge in [-0.3, -0.25) is 0 Å². The van der Waals surface area contributed by atoms with E-state index in [1.165, 1.54) is 0 Å². The summed E-state index contributed by atoms with van der Waals surface area (Å²) in [5.41, 5.74) is 0. The second-order valence-electron chi connectivity index (χ2n) is 4.77. The van der Waals surface area contributed by atoms with Gasteiger partial charge in [-0.05, 0) is 18.8 Å². The molecular formula is C10H18KNO4S. The third kappa shape index (κ3) is 6.65. The van der Waals surface area contributed by atoms with Gasteiger partial charge in [0.15, 0.2) is 9.84 Å². The van der Waals surface area contributed by atoms with Crippen molar-refractivity contribution in [3.63, 3.8) is 0 Å². The number of carbonyl (C=O) groups excluding carboxylic acids is 1. The molecule has 0 aromatic heterocycles. The van der Waals surface area contributed by atoms with Gasteiger partial charge in [0.05, 0.1) is 17.5 Å². The first-order chi connectivity index (χ1) is 7.30. The molecule has 1 saturated heterocycles. The zero-order chi connectivity index (χ0) is 12.3. The van der Waals surface area contributed by atoms with E-state index < -0.39 is 21.8 Å². The van der Waals surface area contributed by atoms with E-state index in [0.717, 1.165) is 0 Å². The number of carbonyl (C=O) groups is 1. The Hall–Kier alpha value is 1.02. The Bertz CT molecular complexity index is 355. The molecule has 1 aliphatic heterocycles. The molecule has 1 aliphatic rings. The van der Waals surface area contributed by atoms with E-state index in [4.69, 9.17) is 0 Å². The average Bonchev–Trinajstić information content (AvgIpc) is 2.43. The number of hydrogen-bond donors (Lipinski definition) is 1. The Morgan fingerprint density at radius 2 is 2.06 bits per heavy atom. The topological polar surface area (TPSA) is 86.3 Å². The van der Waals surface area contributed by atoms with Crippen LogP contribution in [0, 0.1) is 5.92 Å². The standard InChI is InChI=1S/C10H19NO4S.K/c1-7(2)5-9(10(12)13)11-8-3-4-16(14,15)6-8;/h7-9,11H,3-6H2,1-2H3,(H,12,13);/q;+1/p-1. The van der Waals surface area contributed by atoms with Gasteiger partial charge in [0, 0.05) is 12.1 Å². The van der Waals surface area contributed by atoms with Crippen LogP contribution in [-0.4, -0.2) is 38.0 Å².